The third-order valence-electron chi connectivity index (χ3n) is 5.11. The van der Waals surface area contributed by atoms with Crippen molar-refractivity contribution in [1.82, 2.24) is 20.2 Å². The van der Waals surface area contributed by atoms with Crippen LogP contribution >= 0.6 is 0 Å². The maximum absolute atomic E-state index is 12.1. The first-order valence-corrected chi connectivity index (χ1v) is 8.70. The number of rotatable bonds is 5. The molecule has 2 saturated heterocycles. The lowest BCUT2D eigenvalue weighted by Gasteiger charge is -2.35. The Morgan fingerprint density at radius 1 is 1.40 bits per heavy atom. The Kier molecular flexibility index (Phi) is 4.76. The SMILES string of the molecule is O=C(NC[C@@H]1OC[C@H]2CCN(Cc3ccco3)C[C@H]21)c1cnccn1. The van der Waals surface area contributed by atoms with Crippen molar-refractivity contribution in [3.8, 4) is 0 Å². The van der Waals surface area contributed by atoms with Crippen LogP contribution in [-0.2, 0) is 11.3 Å². The fourth-order valence-electron chi connectivity index (χ4n) is 3.78. The molecule has 4 rings (SSSR count). The first-order chi connectivity index (χ1) is 12.3. The van der Waals surface area contributed by atoms with Gasteiger partial charge in [-0.15, -0.1) is 0 Å². The van der Waals surface area contributed by atoms with Crippen molar-refractivity contribution < 1.29 is 13.9 Å². The largest absolute Gasteiger partial charge is 0.468 e. The molecule has 0 spiro atoms. The average molecular weight is 342 g/mol. The van der Waals surface area contributed by atoms with Crippen LogP contribution in [0.3, 0.4) is 0 Å². The number of hydrogen-bond donors (Lipinski definition) is 1. The summed E-state index contributed by atoms with van der Waals surface area (Å²) in [5, 5.41) is 2.93. The highest BCUT2D eigenvalue weighted by atomic mass is 16.5. The van der Waals surface area contributed by atoms with Crippen LogP contribution in [0.5, 0.6) is 0 Å². The summed E-state index contributed by atoms with van der Waals surface area (Å²) in [6, 6.07) is 3.93. The average Bonchev–Trinajstić information content (AvgIpc) is 3.30. The van der Waals surface area contributed by atoms with Gasteiger partial charge in [0.05, 0.1) is 31.7 Å². The highest BCUT2D eigenvalue weighted by molar-refractivity contribution is 5.91. The van der Waals surface area contributed by atoms with E-state index in [1.807, 2.05) is 12.1 Å². The smallest absolute Gasteiger partial charge is 0.271 e. The number of fused-ring (bicyclic) bond motifs is 1. The van der Waals surface area contributed by atoms with Gasteiger partial charge in [-0.25, -0.2) is 4.98 Å². The van der Waals surface area contributed by atoms with Crippen LogP contribution in [0.1, 0.15) is 22.7 Å². The minimum absolute atomic E-state index is 0.0463. The summed E-state index contributed by atoms with van der Waals surface area (Å²) in [5.74, 6) is 1.80. The molecule has 1 amide bonds. The zero-order chi connectivity index (χ0) is 17.1. The van der Waals surface area contributed by atoms with E-state index < -0.39 is 0 Å². The molecule has 0 saturated carbocycles. The number of ether oxygens (including phenoxy) is 1. The summed E-state index contributed by atoms with van der Waals surface area (Å²) < 4.78 is 11.4. The van der Waals surface area contributed by atoms with E-state index in [1.165, 1.54) is 12.4 Å². The Labute approximate surface area is 146 Å². The molecule has 2 fully saturated rings. The number of piperidine rings is 1. The van der Waals surface area contributed by atoms with Crippen LogP contribution in [-0.4, -0.2) is 53.1 Å². The predicted octanol–water partition coefficient (Wildman–Crippen LogP) is 1.34. The van der Waals surface area contributed by atoms with Crippen LogP contribution in [0.2, 0.25) is 0 Å². The monoisotopic (exact) mass is 342 g/mol. The van der Waals surface area contributed by atoms with Gasteiger partial charge in [0.2, 0.25) is 0 Å². The first kappa shape index (κ1) is 16.2. The predicted molar refractivity (Wildman–Crippen MR) is 89.7 cm³/mol. The van der Waals surface area contributed by atoms with Crippen LogP contribution in [0.25, 0.3) is 0 Å². The molecule has 2 aliphatic rings. The molecule has 1 N–H and O–H groups in total. The number of hydrogen-bond acceptors (Lipinski definition) is 6. The molecule has 25 heavy (non-hydrogen) atoms. The van der Waals surface area contributed by atoms with Crippen molar-refractivity contribution in [3.63, 3.8) is 0 Å². The van der Waals surface area contributed by atoms with Crippen LogP contribution < -0.4 is 5.32 Å². The summed E-state index contributed by atoms with van der Waals surface area (Å²) in [5.41, 5.74) is 0.333. The molecule has 0 bridgehead atoms. The molecule has 7 heteroatoms. The van der Waals surface area contributed by atoms with Gasteiger partial charge in [0, 0.05) is 31.4 Å². The van der Waals surface area contributed by atoms with Gasteiger partial charge in [-0.3, -0.25) is 14.7 Å². The Morgan fingerprint density at radius 2 is 2.36 bits per heavy atom. The van der Waals surface area contributed by atoms with Gasteiger partial charge in [0.1, 0.15) is 11.5 Å². The van der Waals surface area contributed by atoms with Crippen molar-refractivity contribution in [1.29, 1.82) is 0 Å². The molecule has 4 heterocycles. The molecular weight excluding hydrogens is 320 g/mol. The molecule has 132 valence electrons. The van der Waals surface area contributed by atoms with Gasteiger partial charge >= 0.3 is 0 Å². The lowest BCUT2D eigenvalue weighted by atomic mass is 9.84. The minimum atomic E-state index is -0.205. The normalized spacial score (nSPS) is 26.3. The molecule has 2 aliphatic heterocycles. The third kappa shape index (κ3) is 3.72. The molecular formula is C18H22N4O3. The molecule has 0 aliphatic carbocycles. The Morgan fingerprint density at radius 3 is 3.16 bits per heavy atom. The number of aromatic nitrogens is 2. The number of likely N-dealkylation sites (tertiary alicyclic amines) is 1. The van der Waals surface area contributed by atoms with Gasteiger partial charge in [-0.2, -0.15) is 0 Å². The number of amides is 1. The Hall–Kier alpha value is -2.25. The van der Waals surface area contributed by atoms with Crippen molar-refractivity contribution in [2.75, 3.05) is 26.2 Å². The summed E-state index contributed by atoms with van der Waals surface area (Å²) >= 11 is 0. The first-order valence-electron chi connectivity index (χ1n) is 8.70. The van der Waals surface area contributed by atoms with E-state index in [0.717, 1.165) is 38.4 Å². The quantitative estimate of drug-likeness (QED) is 0.883. The second-order valence-corrected chi connectivity index (χ2v) is 6.70. The standard InChI is InChI=1S/C18H22N4O3/c23-18(16-8-19-4-5-20-16)21-9-17-15-11-22(6-3-13(15)12-25-17)10-14-2-1-7-24-14/h1-2,4-5,7-8,13,15,17H,3,6,9-12H2,(H,21,23)/t13-,15-,17+/m1/s1. The van der Waals surface area contributed by atoms with Crippen LogP contribution in [0, 0.1) is 11.8 Å². The zero-order valence-corrected chi connectivity index (χ0v) is 14.0. The van der Waals surface area contributed by atoms with Crippen LogP contribution in [0.15, 0.2) is 41.4 Å². The number of nitrogens with one attached hydrogen (secondary N) is 1. The lowest BCUT2D eigenvalue weighted by molar-refractivity contribution is 0.0664. The third-order valence-corrected chi connectivity index (χ3v) is 5.11. The second kappa shape index (κ2) is 7.33. The second-order valence-electron chi connectivity index (χ2n) is 6.70. The van der Waals surface area contributed by atoms with Crippen molar-refractivity contribution in [3.05, 3.63) is 48.4 Å². The molecule has 0 aromatic carbocycles. The van der Waals surface area contributed by atoms with E-state index in [9.17, 15) is 4.79 Å². The van der Waals surface area contributed by atoms with Crippen molar-refractivity contribution >= 4 is 5.91 Å². The van der Waals surface area contributed by atoms with Crippen molar-refractivity contribution in [2.45, 2.75) is 19.1 Å². The molecule has 0 unspecified atom stereocenters. The van der Waals surface area contributed by atoms with E-state index in [1.54, 1.807) is 12.5 Å². The summed E-state index contributed by atoms with van der Waals surface area (Å²) in [6.45, 7) is 4.14. The lowest BCUT2D eigenvalue weighted by Crippen LogP contribution is -2.45. The van der Waals surface area contributed by atoms with E-state index in [-0.39, 0.29) is 12.0 Å². The van der Waals surface area contributed by atoms with Gasteiger partial charge in [-0.05, 0) is 31.0 Å². The summed E-state index contributed by atoms with van der Waals surface area (Å²) in [4.78, 5) is 22.5. The summed E-state index contributed by atoms with van der Waals surface area (Å²) in [6.07, 6.45) is 7.43. The summed E-state index contributed by atoms with van der Waals surface area (Å²) in [7, 11) is 0. The molecule has 7 nitrogen and oxygen atoms in total. The van der Waals surface area contributed by atoms with Gasteiger partial charge in [0.15, 0.2) is 0 Å². The van der Waals surface area contributed by atoms with E-state index in [2.05, 4.69) is 20.2 Å². The van der Waals surface area contributed by atoms with E-state index in [0.29, 0.717) is 24.1 Å². The highest BCUT2D eigenvalue weighted by Crippen LogP contribution is 2.34. The number of furan rings is 1. The maximum atomic E-state index is 12.1. The number of nitrogens with zero attached hydrogens (tertiary/aromatic N) is 3. The molecule has 2 aromatic rings. The van der Waals surface area contributed by atoms with Gasteiger partial charge in [0.25, 0.3) is 5.91 Å². The zero-order valence-electron chi connectivity index (χ0n) is 14.0. The van der Waals surface area contributed by atoms with Gasteiger partial charge < -0.3 is 14.5 Å². The van der Waals surface area contributed by atoms with E-state index in [4.69, 9.17) is 9.15 Å². The number of carbonyl (C=O) groups excluding carboxylic acids is 1. The Balaban J connectivity index is 1.32. The van der Waals surface area contributed by atoms with Gasteiger partial charge in [-0.1, -0.05) is 0 Å². The van der Waals surface area contributed by atoms with Crippen molar-refractivity contribution in [2.24, 2.45) is 11.8 Å². The molecule has 0 radical (unpaired) electrons. The fourth-order valence-corrected chi connectivity index (χ4v) is 3.78. The fraction of sp³-hybridized carbons (Fsp3) is 0.500. The highest BCUT2D eigenvalue weighted by Gasteiger charge is 2.41. The molecule has 2 aromatic heterocycles. The molecule has 3 atom stereocenters. The van der Waals surface area contributed by atoms with E-state index >= 15 is 0 Å². The van der Waals surface area contributed by atoms with Crippen LogP contribution in [0.4, 0.5) is 0 Å². The minimum Gasteiger partial charge on any atom is -0.468 e. The topological polar surface area (TPSA) is 80.5 Å². The maximum Gasteiger partial charge on any atom is 0.271 e. The Bertz CT molecular complexity index is 692. The number of carbonyl (C=O) groups is 1.